The van der Waals surface area contributed by atoms with Gasteiger partial charge in [0.2, 0.25) is 5.95 Å². The first kappa shape index (κ1) is 23.8. The van der Waals surface area contributed by atoms with E-state index in [1.165, 1.54) is 25.6 Å². The Morgan fingerprint density at radius 2 is 1.74 bits per heavy atom. The van der Waals surface area contributed by atoms with Gasteiger partial charge in [0.1, 0.15) is 12.4 Å². The summed E-state index contributed by atoms with van der Waals surface area (Å²) in [5.41, 5.74) is 1.15. The smallest absolute Gasteiger partial charge is 0.228 e. The van der Waals surface area contributed by atoms with E-state index in [-0.39, 0.29) is 29.2 Å². The van der Waals surface area contributed by atoms with E-state index in [0.717, 1.165) is 38.4 Å². The fourth-order valence-electron chi connectivity index (χ4n) is 3.76. The average Bonchev–Trinajstić information content (AvgIpc) is 3.17. The molecule has 1 aliphatic heterocycles. The Morgan fingerprint density at radius 3 is 2.41 bits per heavy atom. The van der Waals surface area contributed by atoms with Gasteiger partial charge >= 0.3 is 0 Å². The maximum atomic E-state index is 14.4. The summed E-state index contributed by atoms with van der Waals surface area (Å²) in [7, 11) is 5.37. The molecule has 0 saturated carbocycles. The molecule has 0 aliphatic carbocycles. The van der Waals surface area contributed by atoms with Crippen LogP contribution in [0.3, 0.4) is 0 Å². The van der Waals surface area contributed by atoms with Crippen LogP contribution in [0.4, 0.5) is 20.5 Å². The molecule has 11 heteroatoms. The minimum absolute atomic E-state index is 0.0318. The lowest BCUT2D eigenvalue weighted by atomic mass is 10.1. The molecule has 4 rings (SSSR count). The third-order valence-corrected chi connectivity index (χ3v) is 5.87. The number of nitrogens with zero attached hydrogens (tertiary/aromatic N) is 6. The lowest BCUT2D eigenvalue weighted by Gasteiger charge is -2.32. The van der Waals surface area contributed by atoms with E-state index in [4.69, 9.17) is 9.47 Å². The van der Waals surface area contributed by atoms with Gasteiger partial charge in [0.15, 0.2) is 23.1 Å². The topological polar surface area (TPSA) is 80.6 Å². The maximum absolute atomic E-state index is 14.4. The van der Waals surface area contributed by atoms with Crippen LogP contribution in [0.1, 0.15) is 16.8 Å². The van der Waals surface area contributed by atoms with Gasteiger partial charge in [-0.1, -0.05) is 0 Å². The normalized spacial score (nSPS) is 14.9. The number of rotatable bonds is 8. The number of likely N-dealkylation sites (N-methyl/N-ethyl adjacent to an activating group) is 1. The molecule has 34 heavy (non-hydrogen) atoms. The lowest BCUT2D eigenvalue weighted by molar-refractivity contribution is 0.145. The number of hydrogen-bond donors (Lipinski definition) is 1. The van der Waals surface area contributed by atoms with Gasteiger partial charge in [0.05, 0.1) is 30.8 Å². The average molecular weight is 474 g/mol. The van der Waals surface area contributed by atoms with E-state index >= 15 is 0 Å². The third kappa shape index (κ3) is 5.42. The number of aryl methyl sites for hydroxylation is 2. The summed E-state index contributed by atoms with van der Waals surface area (Å²) in [5, 5.41) is 7.57. The van der Waals surface area contributed by atoms with Crippen molar-refractivity contribution < 1.29 is 18.3 Å². The van der Waals surface area contributed by atoms with Gasteiger partial charge in [0.25, 0.3) is 0 Å². The number of methoxy groups -OCH3 is 1. The van der Waals surface area contributed by atoms with E-state index in [1.54, 1.807) is 6.92 Å². The number of ether oxygens (including phenoxy) is 2. The van der Waals surface area contributed by atoms with Crippen molar-refractivity contribution in [1.29, 1.82) is 0 Å². The molecule has 1 N–H and O–H groups in total. The number of anilines is 2. The second-order valence-electron chi connectivity index (χ2n) is 8.38. The molecule has 182 valence electrons. The van der Waals surface area contributed by atoms with Crippen LogP contribution in [0.15, 0.2) is 24.5 Å². The first-order valence-corrected chi connectivity index (χ1v) is 11.0. The highest BCUT2D eigenvalue weighted by Crippen LogP contribution is 2.27. The quantitative estimate of drug-likeness (QED) is 0.535. The Morgan fingerprint density at radius 1 is 1.03 bits per heavy atom. The Kier molecular flexibility index (Phi) is 7.23. The highest BCUT2D eigenvalue weighted by atomic mass is 19.1. The highest BCUT2D eigenvalue weighted by molar-refractivity contribution is 5.48. The van der Waals surface area contributed by atoms with Gasteiger partial charge in [-0.25, -0.2) is 18.7 Å². The van der Waals surface area contributed by atoms with Gasteiger partial charge in [-0.2, -0.15) is 5.10 Å². The van der Waals surface area contributed by atoms with Crippen LogP contribution in [0.2, 0.25) is 0 Å². The number of aromatic nitrogens is 4. The SMILES string of the molecule is COc1cc(C)c(F)c(COc2cnc(Nc3cc(CN4CCN(C)CC4)n(C)n3)nc2)c1F. The number of hydrogen-bond acceptors (Lipinski definition) is 8. The molecule has 0 spiro atoms. The van der Waals surface area contributed by atoms with Crippen LogP contribution in [0, 0.1) is 18.6 Å². The minimum atomic E-state index is -0.785. The van der Waals surface area contributed by atoms with Crippen molar-refractivity contribution in [2.45, 2.75) is 20.1 Å². The first-order valence-electron chi connectivity index (χ1n) is 11.0. The summed E-state index contributed by atoms with van der Waals surface area (Å²) in [6.45, 7) is 6.21. The standard InChI is InChI=1S/C23H29F2N7O2/c1-15-9-19(33-4)22(25)18(21(15)24)14-34-17-11-26-23(27-12-17)28-20-10-16(31(3)29-20)13-32-7-5-30(2)6-8-32/h9-12H,5-8,13-14H2,1-4H3,(H,26,27,28,29). The molecule has 0 radical (unpaired) electrons. The molecule has 9 nitrogen and oxygen atoms in total. The van der Waals surface area contributed by atoms with Crippen LogP contribution in [-0.4, -0.2) is 69.9 Å². The van der Waals surface area contributed by atoms with Gasteiger partial charge in [-0.15, -0.1) is 0 Å². The summed E-state index contributed by atoms with van der Waals surface area (Å²) >= 11 is 0. The monoisotopic (exact) mass is 473 g/mol. The number of halogens is 2. The summed E-state index contributed by atoms with van der Waals surface area (Å²) in [6.07, 6.45) is 2.87. The number of nitrogens with one attached hydrogen (secondary N) is 1. The van der Waals surface area contributed by atoms with Crippen molar-refractivity contribution in [3.63, 3.8) is 0 Å². The Labute approximate surface area is 197 Å². The van der Waals surface area contributed by atoms with Crippen molar-refractivity contribution in [3.05, 3.63) is 53.0 Å². The predicted octanol–water partition coefficient (Wildman–Crippen LogP) is 2.88. The van der Waals surface area contributed by atoms with Gasteiger partial charge in [-0.05, 0) is 25.6 Å². The molecule has 2 aromatic heterocycles. The molecule has 3 heterocycles. The summed E-state index contributed by atoms with van der Waals surface area (Å²) < 4.78 is 41.1. The van der Waals surface area contributed by atoms with Crippen molar-refractivity contribution in [1.82, 2.24) is 29.5 Å². The van der Waals surface area contributed by atoms with Gasteiger partial charge < -0.3 is 19.7 Å². The second kappa shape index (κ2) is 10.3. The molecule has 1 aromatic carbocycles. The van der Waals surface area contributed by atoms with Crippen LogP contribution < -0.4 is 14.8 Å². The summed E-state index contributed by atoms with van der Waals surface area (Å²) in [6, 6.07) is 3.29. The van der Waals surface area contributed by atoms with Crippen LogP contribution in [-0.2, 0) is 20.2 Å². The molecule has 0 bridgehead atoms. The van der Waals surface area contributed by atoms with E-state index in [9.17, 15) is 8.78 Å². The Balaban J connectivity index is 1.36. The molecule has 0 amide bonds. The Hall–Kier alpha value is -3.31. The summed E-state index contributed by atoms with van der Waals surface area (Å²) in [4.78, 5) is 13.2. The zero-order valence-electron chi connectivity index (χ0n) is 19.8. The van der Waals surface area contributed by atoms with Crippen molar-refractivity contribution >= 4 is 11.8 Å². The largest absolute Gasteiger partial charge is 0.494 e. The molecule has 1 fully saturated rings. The fraction of sp³-hybridized carbons (Fsp3) is 0.435. The van der Waals surface area contributed by atoms with Crippen molar-refractivity contribution in [2.75, 3.05) is 45.7 Å². The molecule has 0 atom stereocenters. The van der Waals surface area contributed by atoms with Crippen molar-refractivity contribution in [2.24, 2.45) is 7.05 Å². The number of piperazine rings is 1. The second-order valence-corrected chi connectivity index (χ2v) is 8.38. The van der Waals surface area contributed by atoms with E-state index in [1.807, 2.05) is 17.8 Å². The molecule has 3 aromatic rings. The van der Waals surface area contributed by atoms with E-state index < -0.39 is 11.6 Å². The fourth-order valence-corrected chi connectivity index (χ4v) is 3.76. The zero-order chi connectivity index (χ0) is 24.2. The molecule has 0 unspecified atom stereocenters. The van der Waals surface area contributed by atoms with Gasteiger partial charge in [-0.3, -0.25) is 9.58 Å². The predicted molar refractivity (Wildman–Crippen MR) is 123 cm³/mol. The zero-order valence-corrected chi connectivity index (χ0v) is 19.8. The molecule has 1 aliphatic rings. The third-order valence-electron chi connectivity index (χ3n) is 5.87. The molecular weight excluding hydrogens is 444 g/mol. The van der Waals surface area contributed by atoms with Gasteiger partial charge in [0, 0.05) is 45.8 Å². The van der Waals surface area contributed by atoms with Crippen LogP contribution >= 0.6 is 0 Å². The van der Waals surface area contributed by atoms with E-state index in [0.29, 0.717) is 11.8 Å². The molecular formula is C23H29F2N7O2. The Bertz CT molecular complexity index is 1130. The number of benzene rings is 1. The lowest BCUT2D eigenvalue weighted by Crippen LogP contribution is -2.44. The maximum Gasteiger partial charge on any atom is 0.228 e. The first-order chi connectivity index (χ1) is 16.3. The van der Waals surface area contributed by atoms with Crippen molar-refractivity contribution in [3.8, 4) is 11.5 Å². The van der Waals surface area contributed by atoms with Crippen LogP contribution in [0.25, 0.3) is 0 Å². The summed E-state index contributed by atoms with van der Waals surface area (Å²) in [5.74, 6) is -0.230. The van der Waals surface area contributed by atoms with Crippen LogP contribution in [0.5, 0.6) is 11.5 Å². The minimum Gasteiger partial charge on any atom is -0.494 e. The van der Waals surface area contributed by atoms with E-state index in [2.05, 4.69) is 37.2 Å². The highest BCUT2D eigenvalue weighted by Gasteiger charge is 2.19. The molecule has 1 saturated heterocycles.